The van der Waals surface area contributed by atoms with Crippen molar-refractivity contribution in [3.05, 3.63) is 12.0 Å². The van der Waals surface area contributed by atoms with Crippen molar-refractivity contribution in [3.63, 3.8) is 0 Å². The van der Waals surface area contributed by atoms with Crippen LogP contribution in [0.4, 0.5) is 0 Å². The summed E-state index contributed by atoms with van der Waals surface area (Å²) in [5, 5.41) is 10.5. The zero-order valence-electron chi connectivity index (χ0n) is 5.11. The average molecular weight is 113 g/mol. The van der Waals surface area contributed by atoms with Crippen LogP contribution in [0.25, 0.3) is 0 Å². The van der Waals surface area contributed by atoms with Gasteiger partial charge < -0.3 is 10.0 Å². The van der Waals surface area contributed by atoms with E-state index < -0.39 is 0 Å². The Labute approximate surface area is 49.4 Å². The second-order valence-corrected chi connectivity index (χ2v) is 2.12. The van der Waals surface area contributed by atoms with Gasteiger partial charge in [0.2, 0.25) is 0 Å². The van der Waals surface area contributed by atoms with Crippen LogP contribution in [-0.4, -0.2) is 13.1 Å². The highest BCUT2D eigenvalue weighted by Crippen LogP contribution is 1.89. The second kappa shape index (κ2) is 2.18. The van der Waals surface area contributed by atoms with Crippen LogP contribution in [0.1, 0.15) is 13.3 Å². The van der Waals surface area contributed by atoms with Gasteiger partial charge in [-0.05, 0) is 6.92 Å². The molecular weight excluding hydrogens is 102 g/mol. The standard InChI is InChI=1S/C6H11NO/c1-2-7-4-3-6(8)5-7/h5,8H,2-4H2,1H3. The average Bonchev–Trinajstić information content (AvgIpc) is 2.14. The van der Waals surface area contributed by atoms with E-state index >= 15 is 0 Å². The normalized spacial score (nSPS) is 28.1. The maximum Gasteiger partial charge on any atom is 0.0843 e. The lowest BCUT2D eigenvalue weighted by molar-refractivity contribution is -0.839. The number of hydrogen-bond donors (Lipinski definition) is 1. The number of rotatable bonds is 1. The van der Waals surface area contributed by atoms with Crippen molar-refractivity contribution in [2.24, 2.45) is 0 Å². The monoisotopic (exact) mass is 113 g/mol. The first-order valence-electron chi connectivity index (χ1n) is 3.05. The van der Waals surface area contributed by atoms with Crippen molar-refractivity contribution >= 4 is 0 Å². The van der Waals surface area contributed by atoms with Crippen LogP contribution in [0.2, 0.25) is 0 Å². The van der Waals surface area contributed by atoms with E-state index in [-0.39, 0.29) is 0 Å². The predicted molar refractivity (Wildman–Crippen MR) is 29.1 cm³/mol. The van der Waals surface area contributed by atoms with Gasteiger partial charge in [0.05, 0.1) is 19.3 Å². The molecule has 0 aromatic rings. The van der Waals surface area contributed by atoms with Gasteiger partial charge in [-0.2, -0.15) is 0 Å². The Balaban J connectivity index is 2.41. The number of hydrogen-bond acceptors (Lipinski definition) is 1. The fraction of sp³-hybridized carbons (Fsp3) is 0.667. The predicted octanol–water partition coefficient (Wildman–Crippen LogP) is -1.50. The molecule has 2 nitrogen and oxygen atoms in total. The molecule has 0 aromatic carbocycles. The fourth-order valence-electron chi connectivity index (χ4n) is 0.935. The molecule has 0 saturated carbocycles. The van der Waals surface area contributed by atoms with Gasteiger partial charge in [0.15, 0.2) is 0 Å². The maximum atomic E-state index is 10.5. The van der Waals surface area contributed by atoms with Crippen molar-refractivity contribution in [1.82, 2.24) is 0 Å². The molecule has 1 atom stereocenters. The third-order valence-electron chi connectivity index (χ3n) is 1.51. The van der Waals surface area contributed by atoms with Gasteiger partial charge in [-0.1, -0.05) is 5.76 Å². The van der Waals surface area contributed by atoms with E-state index in [9.17, 15) is 5.11 Å². The minimum absolute atomic E-state index is 0.307. The summed E-state index contributed by atoms with van der Waals surface area (Å²) in [6.45, 7) is 4.14. The molecule has 1 rings (SSSR count). The van der Waals surface area contributed by atoms with Crippen molar-refractivity contribution in [3.8, 4) is 0 Å². The van der Waals surface area contributed by atoms with E-state index in [0.29, 0.717) is 5.76 Å². The summed E-state index contributed by atoms with van der Waals surface area (Å²) < 4.78 is 0. The minimum atomic E-state index is 0.307. The first kappa shape index (κ1) is 5.63. The molecule has 0 aliphatic carbocycles. The Morgan fingerprint density at radius 3 is 2.88 bits per heavy atom. The molecule has 46 valence electrons. The van der Waals surface area contributed by atoms with Crippen molar-refractivity contribution < 1.29 is 10.0 Å². The largest absolute Gasteiger partial charge is 0.872 e. The Morgan fingerprint density at radius 1 is 1.88 bits per heavy atom. The van der Waals surface area contributed by atoms with Crippen molar-refractivity contribution in [2.45, 2.75) is 13.3 Å². The molecule has 0 saturated heterocycles. The fourth-order valence-corrected chi connectivity index (χ4v) is 0.935. The van der Waals surface area contributed by atoms with E-state index in [2.05, 4.69) is 6.92 Å². The summed E-state index contributed by atoms with van der Waals surface area (Å²) in [6, 6.07) is 0. The molecular formula is C6H11NO. The van der Waals surface area contributed by atoms with Crippen LogP contribution in [-0.2, 0) is 0 Å². The molecule has 1 aliphatic heterocycles. The van der Waals surface area contributed by atoms with Gasteiger partial charge in [-0.15, -0.1) is 0 Å². The molecule has 8 heavy (non-hydrogen) atoms. The lowest BCUT2D eigenvalue weighted by atomic mass is 10.4. The van der Waals surface area contributed by atoms with Crippen LogP contribution in [0, 0.1) is 0 Å². The minimum Gasteiger partial charge on any atom is -0.872 e. The van der Waals surface area contributed by atoms with E-state index in [4.69, 9.17) is 0 Å². The molecule has 0 aromatic heterocycles. The lowest BCUT2D eigenvalue weighted by Crippen LogP contribution is -3.05. The summed E-state index contributed by atoms with van der Waals surface area (Å²) >= 11 is 0. The van der Waals surface area contributed by atoms with Gasteiger partial charge >= 0.3 is 0 Å². The zero-order chi connectivity index (χ0) is 5.98. The summed E-state index contributed by atoms with van der Waals surface area (Å²) in [7, 11) is 0. The van der Waals surface area contributed by atoms with Crippen molar-refractivity contribution in [1.29, 1.82) is 0 Å². The first-order chi connectivity index (χ1) is 3.83. The van der Waals surface area contributed by atoms with E-state index in [1.807, 2.05) is 0 Å². The van der Waals surface area contributed by atoms with Gasteiger partial charge in [0.25, 0.3) is 0 Å². The van der Waals surface area contributed by atoms with E-state index in [0.717, 1.165) is 19.5 Å². The smallest absolute Gasteiger partial charge is 0.0843 e. The zero-order valence-corrected chi connectivity index (χ0v) is 5.11. The van der Waals surface area contributed by atoms with Gasteiger partial charge in [-0.25, -0.2) is 0 Å². The number of nitrogens with one attached hydrogen (secondary N) is 1. The Bertz CT molecular complexity index is 109. The lowest BCUT2D eigenvalue weighted by Gasteiger charge is -2.03. The van der Waals surface area contributed by atoms with E-state index in [1.165, 1.54) is 4.90 Å². The molecule has 1 N–H and O–H groups in total. The summed E-state index contributed by atoms with van der Waals surface area (Å²) in [6.07, 6.45) is 2.53. The van der Waals surface area contributed by atoms with E-state index in [1.54, 1.807) is 6.20 Å². The van der Waals surface area contributed by atoms with Gasteiger partial charge in [0.1, 0.15) is 0 Å². The highest BCUT2D eigenvalue weighted by atomic mass is 16.3. The Morgan fingerprint density at radius 2 is 2.62 bits per heavy atom. The highest BCUT2D eigenvalue weighted by Gasteiger charge is 2.07. The van der Waals surface area contributed by atoms with Gasteiger partial charge in [0, 0.05) is 6.42 Å². The molecule has 0 bridgehead atoms. The highest BCUT2D eigenvalue weighted by molar-refractivity contribution is 4.85. The molecule has 1 aliphatic rings. The van der Waals surface area contributed by atoms with Crippen LogP contribution in [0.5, 0.6) is 0 Å². The van der Waals surface area contributed by atoms with Crippen molar-refractivity contribution in [2.75, 3.05) is 13.1 Å². The van der Waals surface area contributed by atoms with Crippen LogP contribution >= 0.6 is 0 Å². The summed E-state index contributed by atoms with van der Waals surface area (Å²) in [4.78, 5) is 1.31. The van der Waals surface area contributed by atoms with Crippen LogP contribution in [0.3, 0.4) is 0 Å². The molecule has 0 fully saturated rings. The molecule has 0 radical (unpaired) electrons. The SMILES string of the molecule is CC[NH+]1C=C([O-])CC1. The third-order valence-corrected chi connectivity index (χ3v) is 1.51. The Hall–Kier alpha value is -0.500. The molecule has 1 unspecified atom stereocenters. The quantitative estimate of drug-likeness (QED) is 0.440. The maximum absolute atomic E-state index is 10.5. The first-order valence-corrected chi connectivity index (χ1v) is 3.05. The summed E-state index contributed by atoms with van der Waals surface area (Å²) in [5.74, 6) is 0.307. The Kier molecular flexibility index (Phi) is 1.53. The number of quaternary nitrogens is 1. The third kappa shape index (κ3) is 1.01. The molecule has 0 spiro atoms. The second-order valence-electron chi connectivity index (χ2n) is 2.12. The van der Waals surface area contributed by atoms with Gasteiger partial charge in [-0.3, -0.25) is 0 Å². The summed E-state index contributed by atoms with van der Waals surface area (Å²) in [5.41, 5.74) is 0. The van der Waals surface area contributed by atoms with Crippen LogP contribution in [0.15, 0.2) is 12.0 Å². The van der Waals surface area contributed by atoms with Crippen LogP contribution < -0.4 is 10.0 Å². The topological polar surface area (TPSA) is 27.5 Å². The molecule has 2 heteroatoms. The molecule has 0 amide bonds. The molecule has 1 heterocycles.